The van der Waals surface area contributed by atoms with Gasteiger partial charge in [-0.05, 0) is 36.2 Å². The van der Waals surface area contributed by atoms with Gasteiger partial charge >= 0.3 is 0 Å². The van der Waals surface area contributed by atoms with E-state index in [-0.39, 0.29) is 23.9 Å². The van der Waals surface area contributed by atoms with Crippen molar-refractivity contribution < 1.29 is 9.18 Å². The maximum Gasteiger partial charge on any atom is 0.225 e. The minimum atomic E-state index is -0.432. The van der Waals surface area contributed by atoms with E-state index in [9.17, 15) is 9.18 Å². The molecule has 1 atom stereocenters. The van der Waals surface area contributed by atoms with Crippen molar-refractivity contribution in [1.29, 1.82) is 0 Å². The first-order valence-corrected chi connectivity index (χ1v) is 9.68. The molecule has 0 bridgehead atoms. The molecule has 0 aliphatic carbocycles. The molecule has 1 N–H and O–H groups in total. The van der Waals surface area contributed by atoms with Gasteiger partial charge in [0.15, 0.2) is 0 Å². The molecule has 29 heavy (non-hydrogen) atoms. The summed E-state index contributed by atoms with van der Waals surface area (Å²) in [7, 11) is 2.01. The van der Waals surface area contributed by atoms with E-state index in [1.807, 2.05) is 38.2 Å². The van der Waals surface area contributed by atoms with Crippen LogP contribution in [0.25, 0.3) is 10.9 Å². The third-order valence-electron chi connectivity index (χ3n) is 5.29. The zero-order valence-corrected chi connectivity index (χ0v) is 16.5. The van der Waals surface area contributed by atoms with Gasteiger partial charge in [-0.3, -0.25) is 4.79 Å². The van der Waals surface area contributed by atoms with Gasteiger partial charge < -0.3 is 9.88 Å². The van der Waals surface area contributed by atoms with Crippen LogP contribution in [0.1, 0.15) is 29.0 Å². The Kier molecular flexibility index (Phi) is 5.17. The lowest BCUT2D eigenvalue weighted by Crippen LogP contribution is -2.17. The second kappa shape index (κ2) is 7.92. The van der Waals surface area contributed by atoms with E-state index in [2.05, 4.69) is 40.3 Å². The highest BCUT2D eigenvalue weighted by molar-refractivity contribution is 5.93. The van der Waals surface area contributed by atoms with Crippen LogP contribution in [-0.4, -0.2) is 10.5 Å². The van der Waals surface area contributed by atoms with Crippen LogP contribution in [0.5, 0.6) is 0 Å². The van der Waals surface area contributed by atoms with Crippen molar-refractivity contribution in [2.75, 3.05) is 5.32 Å². The van der Waals surface area contributed by atoms with Crippen molar-refractivity contribution in [3.05, 3.63) is 102 Å². The highest BCUT2D eigenvalue weighted by atomic mass is 19.1. The number of hydrogen-bond donors (Lipinski definition) is 1. The third kappa shape index (κ3) is 3.92. The van der Waals surface area contributed by atoms with Crippen molar-refractivity contribution in [3.63, 3.8) is 0 Å². The molecule has 1 amide bonds. The quantitative estimate of drug-likeness (QED) is 0.463. The van der Waals surface area contributed by atoms with E-state index in [0.717, 1.165) is 27.6 Å². The summed E-state index contributed by atoms with van der Waals surface area (Å²) in [6.45, 7) is 2.04. The van der Waals surface area contributed by atoms with Crippen molar-refractivity contribution in [2.24, 2.45) is 7.05 Å². The summed E-state index contributed by atoms with van der Waals surface area (Å²) in [5.74, 6) is -0.777. The number of aryl methyl sites for hydroxylation is 2. The molecule has 0 saturated heterocycles. The van der Waals surface area contributed by atoms with Crippen LogP contribution in [0.15, 0.2) is 79.0 Å². The van der Waals surface area contributed by atoms with Gasteiger partial charge in [0.2, 0.25) is 5.91 Å². The van der Waals surface area contributed by atoms with E-state index < -0.39 is 5.82 Å². The molecule has 0 spiro atoms. The predicted molar refractivity (Wildman–Crippen MR) is 116 cm³/mol. The monoisotopic (exact) mass is 386 g/mol. The highest BCUT2D eigenvalue weighted by Gasteiger charge is 2.23. The largest absolute Gasteiger partial charge is 0.350 e. The molecule has 0 aliphatic heterocycles. The minimum absolute atomic E-state index is 0.132. The Labute approximate surface area is 169 Å². The zero-order valence-electron chi connectivity index (χ0n) is 16.5. The van der Waals surface area contributed by atoms with E-state index >= 15 is 0 Å². The molecule has 1 unspecified atom stereocenters. The smallest absolute Gasteiger partial charge is 0.225 e. The molecule has 0 radical (unpaired) electrons. The molecule has 4 heteroatoms. The Bertz CT molecular complexity index is 1180. The number of nitrogens with zero attached hydrogens (tertiary/aromatic N) is 1. The van der Waals surface area contributed by atoms with Gasteiger partial charge in [-0.15, -0.1) is 0 Å². The van der Waals surface area contributed by atoms with Crippen molar-refractivity contribution in [2.45, 2.75) is 19.3 Å². The molecular formula is C25H23FN2O. The number of carbonyl (C=O) groups is 1. The van der Waals surface area contributed by atoms with Crippen LogP contribution in [0.4, 0.5) is 10.1 Å². The van der Waals surface area contributed by atoms with Crippen LogP contribution in [0, 0.1) is 12.7 Å². The molecule has 4 aromatic rings. The zero-order chi connectivity index (χ0) is 20.4. The average molecular weight is 386 g/mol. The number of anilines is 1. The fraction of sp³-hybridized carbons (Fsp3) is 0.160. The van der Waals surface area contributed by atoms with Gasteiger partial charge in [0.25, 0.3) is 0 Å². The Morgan fingerprint density at radius 3 is 2.59 bits per heavy atom. The van der Waals surface area contributed by atoms with Crippen molar-refractivity contribution in [3.8, 4) is 0 Å². The fourth-order valence-corrected chi connectivity index (χ4v) is 3.89. The Hall–Kier alpha value is -3.40. The molecule has 4 rings (SSSR count). The predicted octanol–water partition coefficient (Wildman–Crippen LogP) is 5.79. The molecule has 0 saturated carbocycles. The highest BCUT2D eigenvalue weighted by Crippen LogP contribution is 2.35. The maximum atomic E-state index is 14.0. The van der Waals surface area contributed by atoms with E-state index in [0.29, 0.717) is 0 Å². The molecule has 146 valence electrons. The number of fused-ring (bicyclic) bond motifs is 1. The lowest BCUT2D eigenvalue weighted by Gasteiger charge is -2.18. The molecule has 1 heterocycles. The summed E-state index contributed by atoms with van der Waals surface area (Å²) >= 11 is 0. The Balaban J connectivity index is 1.73. The van der Waals surface area contributed by atoms with Gasteiger partial charge in [0, 0.05) is 36.5 Å². The normalized spacial score (nSPS) is 12.1. The summed E-state index contributed by atoms with van der Waals surface area (Å²) < 4.78 is 16.1. The number of aromatic nitrogens is 1. The van der Waals surface area contributed by atoms with Crippen LogP contribution in [-0.2, 0) is 11.8 Å². The number of hydrogen-bond acceptors (Lipinski definition) is 1. The van der Waals surface area contributed by atoms with Crippen LogP contribution < -0.4 is 5.32 Å². The molecule has 3 aromatic carbocycles. The average Bonchev–Trinajstić information content (AvgIpc) is 3.05. The Morgan fingerprint density at radius 2 is 1.79 bits per heavy atom. The van der Waals surface area contributed by atoms with Crippen molar-refractivity contribution in [1.82, 2.24) is 4.57 Å². The van der Waals surface area contributed by atoms with E-state index in [1.165, 1.54) is 6.07 Å². The maximum absolute atomic E-state index is 14.0. The van der Waals surface area contributed by atoms with Gasteiger partial charge in [-0.1, -0.05) is 60.2 Å². The van der Waals surface area contributed by atoms with Gasteiger partial charge in [0.1, 0.15) is 5.82 Å². The topological polar surface area (TPSA) is 34.0 Å². The third-order valence-corrected chi connectivity index (χ3v) is 5.29. The molecule has 3 nitrogen and oxygen atoms in total. The summed E-state index contributed by atoms with van der Waals surface area (Å²) in [6, 6.07) is 22.6. The SMILES string of the molecule is Cc1cccc(C(CC(=O)Nc2ccccc2F)c2cn(C)c3ccccc23)c1. The molecule has 0 aliphatic rings. The number of halogens is 1. The minimum Gasteiger partial charge on any atom is -0.350 e. The van der Waals surface area contributed by atoms with Crippen LogP contribution in [0.3, 0.4) is 0 Å². The number of benzene rings is 3. The molecule has 0 fully saturated rings. The second-order valence-corrected chi connectivity index (χ2v) is 7.41. The number of carbonyl (C=O) groups excluding carboxylic acids is 1. The number of para-hydroxylation sites is 2. The molecule has 1 aromatic heterocycles. The first-order chi connectivity index (χ1) is 14.0. The number of rotatable bonds is 5. The summed E-state index contributed by atoms with van der Waals surface area (Å²) in [5.41, 5.74) is 4.64. The summed E-state index contributed by atoms with van der Waals surface area (Å²) in [6.07, 6.45) is 2.32. The van der Waals surface area contributed by atoms with Gasteiger partial charge in [0.05, 0.1) is 5.69 Å². The van der Waals surface area contributed by atoms with E-state index in [1.54, 1.807) is 18.2 Å². The summed E-state index contributed by atoms with van der Waals surface area (Å²) in [5, 5.41) is 3.85. The molecular weight excluding hydrogens is 363 g/mol. The van der Waals surface area contributed by atoms with Gasteiger partial charge in [-0.2, -0.15) is 0 Å². The van der Waals surface area contributed by atoms with Crippen LogP contribution >= 0.6 is 0 Å². The van der Waals surface area contributed by atoms with E-state index in [4.69, 9.17) is 0 Å². The Morgan fingerprint density at radius 1 is 1.03 bits per heavy atom. The second-order valence-electron chi connectivity index (χ2n) is 7.41. The first-order valence-electron chi connectivity index (χ1n) is 9.68. The number of amides is 1. The standard InChI is InChI=1S/C25H23FN2O/c1-17-8-7-9-18(14-17)20(15-25(29)27-23-12-5-4-11-22(23)26)21-16-28(2)24-13-6-3-10-19(21)24/h3-14,16,20H,15H2,1-2H3,(H,27,29). The first kappa shape index (κ1) is 18.9. The van der Waals surface area contributed by atoms with Gasteiger partial charge in [-0.25, -0.2) is 4.39 Å². The number of nitrogens with one attached hydrogen (secondary N) is 1. The lowest BCUT2D eigenvalue weighted by atomic mass is 9.87. The fourth-order valence-electron chi connectivity index (χ4n) is 3.89. The lowest BCUT2D eigenvalue weighted by molar-refractivity contribution is -0.116. The van der Waals surface area contributed by atoms with Crippen LogP contribution in [0.2, 0.25) is 0 Å². The van der Waals surface area contributed by atoms with Crippen molar-refractivity contribution >= 4 is 22.5 Å². The summed E-state index contributed by atoms with van der Waals surface area (Å²) in [4.78, 5) is 12.9.